The number of carbonyl (C=O) groups is 2. The highest BCUT2D eigenvalue weighted by atomic mass is 16.5. The molecular formula is C21H24N2O3. The summed E-state index contributed by atoms with van der Waals surface area (Å²) in [6.07, 6.45) is 1.99. The average Bonchev–Trinajstić information content (AvgIpc) is 2.65. The van der Waals surface area contributed by atoms with Crippen molar-refractivity contribution in [3.05, 3.63) is 65.7 Å². The van der Waals surface area contributed by atoms with Crippen molar-refractivity contribution in [3.63, 3.8) is 0 Å². The summed E-state index contributed by atoms with van der Waals surface area (Å²) >= 11 is 0. The molecule has 1 heterocycles. The number of hydrogen-bond acceptors (Lipinski definition) is 3. The molecule has 1 aliphatic heterocycles. The lowest BCUT2D eigenvalue weighted by Gasteiger charge is -2.27. The lowest BCUT2D eigenvalue weighted by molar-refractivity contribution is -0.133. The molecule has 2 aromatic rings. The zero-order chi connectivity index (χ0) is 18.4. The summed E-state index contributed by atoms with van der Waals surface area (Å²) in [4.78, 5) is 26.5. The van der Waals surface area contributed by atoms with Crippen molar-refractivity contribution in [1.29, 1.82) is 0 Å². The fraction of sp³-hybridized carbons (Fsp3) is 0.333. The van der Waals surface area contributed by atoms with E-state index in [1.54, 1.807) is 0 Å². The number of rotatable bonds is 6. The normalized spacial score (nSPS) is 15.6. The Morgan fingerprint density at radius 3 is 2.69 bits per heavy atom. The van der Waals surface area contributed by atoms with Gasteiger partial charge in [0, 0.05) is 32.3 Å². The van der Waals surface area contributed by atoms with Crippen molar-refractivity contribution in [2.45, 2.75) is 31.9 Å². The van der Waals surface area contributed by atoms with Crippen molar-refractivity contribution in [1.82, 2.24) is 4.90 Å². The van der Waals surface area contributed by atoms with E-state index in [0.717, 1.165) is 30.5 Å². The van der Waals surface area contributed by atoms with Gasteiger partial charge in [-0.25, -0.2) is 0 Å². The van der Waals surface area contributed by atoms with Crippen LogP contribution in [0.15, 0.2) is 54.6 Å². The van der Waals surface area contributed by atoms with E-state index in [1.165, 1.54) is 7.11 Å². The number of carbonyl (C=O) groups excluding carboxylic acids is 2. The lowest BCUT2D eigenvalue weighted by Crippen LogP contribution is -2.34. The topological polar surface area (TPSA) is 58.6 Å². The Kier molecular flexibility index (Phi) is 6.02. The first-order valence-electron chi connectivity index (χ1n) is 8.92. The maximum atomic E-state index is 12.6. The number of anilines is 1. The molecule has 1 N–H and O–H groups in total. The predicted molar refractivity (Wildman–Crippen MR) is 101 cm³/mol. The fourth-order valence-electron chi connectivity index (χ4n) is 3.23. The van der Waals surface area contributed by atoms with Gasteiger partial charge in [-0.15, -0.1) is 0 Å². The van der Waals surface area contributed by atoms with E-state index in [-0.39, 0.29) is 11.8 Å². The van der Waals surface area contributed by atoms with Gasteiger partial charge in [0.25, 0.3) is 5.91 Å². The van der Waals surface area contributed by atoms with E-state index in [1.807, 2.05) is 59.5 Å². The third-order valence-electron chi connectivity index (χ3n) is 4.57. The number of piperidine rings is 1. The second kappa shape index (κ2) is 8.63. The second-order valence-electron chi connectivity index (χ2n) is 6.49. The van der Waals surface area contributed by atoms with E-state index < -0.39 is 6.10 Å². The van der Waals surface area contributed by atoms with Crippen LogP contribution in [0.4, 0.5) is 5.69 Å². The van der Waals surface area contributed by atoms with Crippen LogP contribution in [0.2, 0.25) is 0 Å². The van der Waals surface area contributed by atoms with Crippen LogP contribution < -0.4 is 5.32 Å². The largest absolute Gasteiger partial charge is 0.367 e. The molecule has 1 saturated heterocycles. The summed E-state index contributed by atoms with van der Waals surface area (Å²) in [5, 5.41) is 2.91. The number of hydrogen-bond donors (Lipinski definition) is 1. The summed E-state index contributed by atoms with van der Waals surface area (Å²) < 4.78 is 5.37. The summed E-state index contributed by atoms with van der Waals surface area (Å²) in [5.41, 5.74) is 2.52. The Bertz CT molecular complexity index is 761. The van der Waals surface area contributed by atoms with Gasteiger partial charge in [-0.3, -0.25) is 9.59 Å². The Balaban J connectivity index is 1.68. The smallest absolute Gasteiger partial charge is 0.258 e. The first-order valence-corrected chi connectivity index (χ1v) is 8.92. The van der Waals surface area contributed by atoms with Crippen LogP contribution in [0.5, 0.6) is 0 Å². The quantitative estimate of drug-likeness (QED) is 0.865. The first-order chi connectivity index (χ1) is 12.7. The van der Waals surface area contributed by atoms with Gasteiger partial charge in [-0.2, -0.15) is 0 Å². The van der Waals surface area contributed by atoms with Crippen LogP contribution in [0.3, 0.4) is 0 Å². The number of methoxy groups -OCH3 is 1. The second-order valence-corrected chi connectivity index (χ2v) is 6.49. The number of benzene rings is 2. The van der Waals surface area contributed by atoms with Crippen LogP contribution in [-0.4, -0.2) is 30.4 Å². The van der Waals surface area contributed by atoms with E-state index in [0.29, 0.717) is 18.7 Å². The number of amides is 2. The lowest BCUT2D eigenvalue weighted by atomic mass is 10.1. The van der Waals surface area contributed by atoms with Crippen LogP contribution in [0.25, 0.3) is 0 Å². The Labute approximate surface area is 154 Å². The highest BCUT2D eigenvalue weighted by Gasteiger charge is 2.21. The molecule has 1 atom stereocenters. The van der Waals surface area contributed by atoms with Gasteiger partial charge in [0.05, 0.1) is 0 Å². The maximum absolute atomic E-state index is 12.6. The highest BCUT2D eigenvalue weighted by molar-refractivity contribution is 5.95. The molecule has 0 aromatic heterocycles. The zero-order valence-electron chi connectivity index (χ0n) is 15.0. The van der Waals surface area contributed by atoms with Gasteiger partial charge in [-0.1, -0.05) is 42.5 Å². The molecular weight excluding hydrogens is 328 g/mol. The predicted octanol–water partition coefficient (Wildman–Crippen LogP) is 3.53. The number of likely N-dealkylation sites (tertiary alicyclic amines) is 1. The average molecular weight is 352 g/mol. The molecule has 5 heteroatoms. The molecule has 136 valence electrons. The molecule has 1 fully saturated rings. The third kappa shape index (κ3) is 4.49. The van der Waals surface area contributed by atoms with Crippen LogP contribution in [-0.2, 0) is 20.9 Å². The molecule has 0 radical (unpaired) electrons. The van der Waals surface area contributed by atoms with Crippen molar-refractivity contribution < 1.29 is 14.3 Å². The maximum Gasteiger partial charge on any atom is 0.258 e. The van der Waals surface area contributed by atoms with Gasteiger partial charge in [-0.05, 0) is 36.1 Å². The molecule has 0 aliphatic carbocycles. The van der Waals surface area contributed by atoms with E-state index in [2.05, 4.69) is 5.32 Å². The van der Waals surface area contributed by atoms with Gasteiger partial charge >= 0.3 is 0 Å². The summed E-state index contributed by atoms with van der Waals surface area (Å²) in [6, 6.07) is 17.0. The van der Waals surface area contributed by atoms with Gasteiger partial charge in [0.1, 0.15) is 0 Å². The molecule has 26 heavy (non-hydrogen) atoms. The van der Waals surface area contributed by atoms with Crippen LogP contribution in [0, 0.1) is 0 Å². The minimum Gasteiger partial charge on any atom is -0.367 e. The monoisotopic (exact) mass is 352 g/mol. The number of nitrogens with one attached hydrogen (secondary N) is 1. The van der Waals surface area contributed by atoms with Crippen molar-refractivity contribution >= 4 is 17.5 Å². The minimum atomic E-state index is -0.663. The van der Waals surface area contributed by atoms with Crippen LogP contribution >= 0.6 is 0 Å². The standard InChI is InChI=1S/C21H24N2O3/c1-26-20(17-9-3-2-4-10-17)21(25)22-18-11-7-8-16(14-18)15-23-13-6-5-12-19(23)24/h2-4,7-11,14,20H,5-6,12-13,15H2,1H3,(H,22,25)/t20-/m1/s1. The van der Waals surface area contributed by atoms with Gasteiger partial charge < -0.3 is 15.0 Å². The molecule has 0 saturated carbocycles. The summed E-state index contributed by atoms with van der Waals surface area (Å²) in [6.45, 7) is 1.38. The van der Waals surface area contributed by atoms with E-state index >= 15 is 0 Å². The highest BCUT2D eigenvalue weighted by Crippen LogP contribution is 2.21. The van der Waals surface area contributed by atoms with Gasteiger partial charge in [0.15, 0.2) is 6.10 Å². The molecule has 0 bridgehead atoms. The summed E-state index contributed by atoms with van der Waals surface area (Å²) in [5.74, 6) is -0.0147. The molecule has 3 rings (SSSR count). The fourth-order valence-corrected chi connectivity index (χ4v) is 3.23. The Hall–Kier alpha value is -2.66. The van der Waals surface area contributed by atoms with Crippen molar-refractivity contribution in [2.75, 3.05) is 19.0 Å². The summed E-state index contributed by atoms with van der Waals surface area (Å²) in [7, 11) is 1.52. The number of ether oxygens (including phenoxy) is 1. The van der Waals surface area contributed by atoms with Crippen LogP contribution in [0.1, 0.15) is 36.5 Å². The number of nitrogens with zero attached hydrogens (tertiary/aromatic N) is 1. The molecule has 2 aromatic carbocycles. The minimum absolute atomic E-state index is 0.203. The first kappa shape index (κ1) is 18.1. The Morgan fingerprint density at radius 2 is 1.96 bits per heavy atom. The van der Waals surface area contributed by atoms with E-state index in [4.69, 9.17) is 4.74 Å². The van der Waals surface area contributed by atoms with Crippen molar-refractivity contribution in [3.8, 4) is 0 Å². The molecule has 2 amide bonds. The molecule has 5 nitrogen and oxygen atoms in total. The molecule has 1 aliphatic rings. The van der Waals surface area contributed by atoms with Crippen molar-refractivity contribution in [2.24, 2.45) is 0 Å². The molecule has 0 unspecified atom stereocenters. The van der Waals surface area contributed by atoms with Gasteiger partial charge in [0.2, 0.25) is 5.91 Å². The third-order valence-corrected chi connectivity index (χ3v) is 4.57. The Morgan fingerprint density at radius 1 is 1.15 bits per heavy atom. The van der Waals surface area contributed by atoms with E-state index in [9.17, 15) is 9.59 Å². The molecule has 0 spiro atoms. The zero-order valence-corrected chi connectivity index (χ0v) is 15.0. The SMILES string of the molecule is CO[C@@H](C(=O)Nc1cccc(CN2CCCCC2=O)c1)c1ccccc1.